The molecule has 0 heterocycles. The normalized spacial score (nSPS) is 17.8. The molecule has 0 aromatic heterocycles. The van der Waals surface area contributed by atoms with E-state index in [2.05, 4.69) is 21.2 Å². The first-order chi connectivity index (χ1) is 9.96. The highest BCUT2D eigenvalue weighted by molar-refractivity contribution is 9.10. The highest BCUT2D eigenvalue weighted by Crippen LogP contribution is 2.28. The molecule has 6 heteroatoms. The van der Waals surface area contributed by atoms with Gasteiger partial charge in [-0.1, -0.05) is 31.7 Å². The van der Waals surface area contributed by atoms with Gasteiger partial charge < -0.3 is 10.4 Å². The van der Waals surface area contributed by atoms with E-state index < -0.39 is 23.2 Å². The molecule has 1 fully saturated rings. The van der Waals surface area contributed by atoms with Gasteiger partial charge in [0.25, 0.3) is 5.91 Å². The van der Waals surface area contributed by atoms with Gasteiger partial charge in [0.15, 0.2) is 0 Å². The van der Waals surface area contributed by atoms with Crippen LogP contribution in [0.15, 0.2) is 22.7 Å². The highest BCUT2D eigenvalue weighted by atomic mass is 79.9. The molecule has 4 nitrogen and oxygen atoms in total. The summed E-state index contributed by atoms with van der Waals surface area (Å²) in [5.74, 6) is -2.41. The minimum Gasteiger partial charge on any atom is -0.480 e. The monoisotopic (exact) mass is 357 g/mol. The maximum atomic E-state index is 14.0. The predicted octanol–water partition coefficient (Wildman–Crippen LogP) is 3.50. The van der Waals surface area contributed by atoms with Crippen LogP contribution >= 0.6 is 15.9 Å². The van der Waals surface area contributed by atoms with Crippen LogP contribution in [-0.4, -0.2) is 22.5 Å². The smallest absolute Gasteiger partial charge is 0.329 e. The van der Waals surface area contributed by atoms with E-state index in [1.807, 2.05) is 0 Å². The first kappa shape index (κ1) is 15.9. The Bertz CT molecular complexity index is 554. The number of nitrogens with one attached hydrogen (secondary N) is 1. The molecule has 0 unspecified atom stereocenters. The molecule has 1 amide bonds. The van der Waals surface area contributed by atoms with Crippen molar-refractivity contribution in [2.24, 2.45) is 0 Å². The van der Waals surface area contributed by atoms with E-state index in [1.54, 1.807) is 6.07 Å². The molecule has 1 aliphatic rings. The lowest BCUT2D eigenvalue weighted by Crippen LogP contribution is -2.54. The number of rotatable bonds is 3. The zero-order valence-electron chi connectivity index (χ0n) is 11.5. The van der Waals surface area contributed by atoms with Crippen LogP contribution in [0, 0.1) is 5.82 Å². The minimum atomic E-state index is -1.29. The quantitative estimate of drug-likeness (QED) is 0.813. The summed E-state index contributed by atoms with van der Waals surface area (Å²) in [5.41, 5.74) is -1.43. The zero-order valence-corrected chi connectivity index (χ0v) is 13.1. The largest absolute Gasteiger partial charge is 0.480 e. The SMILES string of the molecule is O=C(NC1(C(=O)O)CCCCCC1)c1cccc(Br)c1F. The number of benzene rings is 1. The summed E-state index contributed by atoms with van der Waals surface area (Å²) >= 11 is 3.02. The minimum absolute atomic E-state index is 0.144. The molecule has 1 aromatic rings. The van der Waals surface area contributed by atoms with E-state index in [0.717, 1.165) is 25.7 Å². The van der Waals surface area contributed by atoms with Gasteiger partial charge >= 0.3 is 5.97 Å². The number of hydrogen-bond acceptors (Lipinski definition) is 2. The van der Waals surface area contributed by atoms with Crippen molar-refractivity contribution in [2.45, 2.75) is 44.1 Å². The van der Waals surface area contributed by atoms with E-state index >= 15 is 0 Å². The number of amides is 1. The summed E-state index contributed by atoms with van der Waals surface area (Å²) in [6.07, 6.45) is 4.15. The Kier molecular flexibility index (Phi) is 4.98. The standard InChI is InChI=1S/C15H17BrFNO3/c16-11-7-5-6-10(12(11)17)13(19)18-15(14(20)21)8-3-1-2-4-9-15/h5-7H,1-4,8-9H2,(H,18,19)(H,20,21). The Morgan fingerprint density at radius 2 is 1.81 bits per heavy atom. The third kappa shape index (κ3) is 3.43. The summed E-state index contributed by atoms with van der Waals surface area (Å²) in [6, 6.07) is 4.38. The van der Waals surface area contributed by atoms with Crippen LogP contribution in [0.1, 0.15) is 48.9 Å². The van der Waals surface area contributed by atoms with Crippen molar-refractivity contribution in [3.8, 4) is 0 Å². The van der Waals surface area contributed by atoms with E-state index in [4.69, 9.17) is 0 Å². The van der Waals surface area contributed by atoms with E-state index in [0.29, 0.717) is 12.8 Å². The summed E-state index contributed by atoms with van der Waals surface area (Å²) in [5, 5.41) is 12.1. The molecule has 0 atom stereocenters. The van der Waals surface area contributed by atoms with Crippen LogP contribution < -0.4 is 5.32 Å². The number of carboxylic acids is 1. The Balaban J connectivity index is 2.26. The molecule has 2 N–H and O–H groups in total. The van der Waals surface area contributed by atoms with Crippen LogP contribution in [0.5, 0.6) is 0 Å². The fraction of sp³-hybridized carbons (Fsp3) is 0.467. The fourth-order valence-corrected chi connectivity index (χ4v) is 3.05. The van der Waals surface area contributed by atoms with Gasteiger partial charge in [-0.3, -0.25) is 4.79 Å². The highest BCUT2D eigenvalue weighted by Gasteiger charge is 2.40. The van der Waals surface area contributed by atoms with E-state index in [-0.39, 0.29) is 10.0 Å². The zero-order chi connectivity index (χ0) is 15.5. The molecule has 0 bridgehead atoms. The van der Waals surface area contributed by atoms with E-state index in [9.17, 15) is 19.1 Å². The van der Waals surface area contributed by atoms with Crippen molar-refractivity contribution in [3.05, 3.63) is 34.1 Å². The van der Waals surface area contributed by atoms with E-state index in [1.165, 1.54) is 12.1 Å². The first-order valence-electron chi connectivity index (χ1n) is 6.96. The Hall–Kier alpha value is -1.43. The Morgan fingerprint density at radius 3 is 2.38 bits per heavy atom. The molecule has 0 aliphatic heterocycles. The lowest BCUT2D eigenvalue weighted by Gasteiger charge is -2.29. The number of carbonyl (C=O) groups is 2. The second-order valence-corrected chi connectivity index (χ2v) is 6.21. The molecule has 0 saturated heterocycles. The third-order valence-electron chi connectivity index (χ3n) is 3.92. The first-order valence-corrected chi connectivity index (χ1v) is 7.75. The van der Waals surface area contributed by atoms with Gasteiger partial charge in [-0.05, 0) is 40.9 Å². The summed E-state index contributed by atoms with van der Waals surface area (Å²) in [4.78, 5) is 23.9. The topological polar surface area (TPSA) is 66.4 Å². The third-order valence-corrected chi connectivity index (χ3v) is 4.53. The summed E-state index contributed by atoms with van der Waals surface area (Å²) in [7, 11) is 0. The molecule has 2 rings (SSSR count). The Morgan fingerprint density at radius 1 is 1.19 bits per heavy atom. The second-order valence-electron chi connectivity index (χ2n) is 5.36. The molecule has 1 aliphatic carbocycles. The van der Waals surface area contributed by atoms with Crippen LogP contribution in [0.3, 0.4) is 0 Å². The van der Waals surface area contributed by atoms with Crippen molar-refractivity contribution in [3.63, 3.8) is 0 Å². The number of halogens is 2. The van der Waals surface area contributed by atoms with Gasteiger partial charge in [-0.25, -0.2) is 9.18 Å². The molecular weight excluding hydrogens is 341 g/mol. The average molecular weight is 358 g/mol. The lowest BCUT2D eigenvalue weighted by molar-refractivity contribution is -0.145. The number of carboxylic acid groups (broad SMARTS) is 1. The number of aliphatic carboxylic acids is 1. The van der Waals surface area contributed by atoms with Gasteiger partial charge in [0.2, 0.25) is 0 Å². The van der Waals surface area contributed by atoms with Gasteiger partial charge in [-0.2, -0.15) is 0 Å². The molecule has 1 aromatic carbocycles. The van der Waals surface area contributed by atoms with Crippen molar-refractivity contribution >= 4 is 27.8 Å². The van der Waals surface area contributed by atoms with Gasteiger partial charge in [0.05, 0.1) is 10.0 Å². The van der Waals surface area contributed by atoms with Crippen LogP contribution in [0.2, 0.25) is 0 Å². The molecule has 0 spiro atoms. The van der Waals surface area contributed by atoms with Crippen molar-refractivity contribution in [2.75, 3.05) is 0 Å². The summed E-state index contributed by atoms with van der Waals surface area (Å²) < 4.78 is 14.1. The van der Waals surface area contributed by atoms with Crippen molar-refractivity contribution in [1.29, 1.82) is 0 Å². The van der Waals surface area contributed by atoms with Crippen molar-refractivity contribution in [1.82, 2.24) is 5.32 Å². The lowest BCUT2D eigenvalue weighted by atomic mass is 9.90. The maximum Gasteiger partial charge on any atom is 0.329 e. The molecule has 114 valence electrons. The number of hydrogen-bond donors (Lipinski definition) is 2. The van der Waals surface area contributed by atoms with Gasteiger partial charge in [0.1, 0.15) is 11.4 Å². The van der Waals surface area contributed by atoms with Gasteiger partial charge in [0, 0.05) is 0 Å². The van der Waals surface area contributed by atoms with Crippen molar-refractivity contribution < 1.29 is 19.1 Å². The van der Waals surface area contributed by atoms with Crippen LogP contribution in [0.4, 0.5) is 4.39 Å². The summed E-state index contributed by atoms with van der Waals surface area (Å²) in [6.45, 7) is 0. The fourth-order valence-electron chi connectivity index (χ4n) is 2.69. The Labute approximate surface area is 130 Å². The molecule has 21 heavy (non-hydrogen) atoms. The average Bonchev–Trinajstić information content (AvgIpc) is 2.68. The van der Waals surface area contributed by atoms with Crippen LogP contribution in [0.25, 0.3) is 0 Å². The molecular formula is C15H17BrFNO3. The maximum absolute atomic E-state index is 14.0. The molecule has 1 saturated carbocycles. The number of carbonyl (C=O) groups excluding carboxylic acids is 1. The second kappa shape index (κ2) is 6.56. The molecule has 0 radical (unpaired) electrons. The predicted molar refractivity (Wildman–Crippen MR) is 79.6 cm³/mol. The van der Waals surface area contributed by atoms with Gasteiger partial charge in [-0.15, -0.1) is 0 Å². The van der Waals surface area contributed by atoms with Crippen LogP contribution in [-0.2, 0) is 4.79 Å².